The Morgan fingerprint density at radius 2 is 1.74 bits per heavy atom. The van der Waals surface area contributed by atoms with E-state index in [2.05, 4.69) is 50.0 Å². The van der Waals surface area contributed by atoms with E-state index in [-0.39, 0.29) is 0 Å². The molecule has 0 amide bonds. The molecule has 2 heterocycles. The van der Waals surface area contributed by atoms with E-state index in [1.807, 2.05) is 51.1 Å². The molecule has 2 aromatic heterocycles. The van der Waals surface area contributed by atoms with Crippen LogP contribution >= 0.6 is 0 Å². The van der Waals surface area contributed by atoms with E-state index in [4.69, 9.17) is 9.26 Å². The Morgan fingerprint density at radius 3 is 2.45 bits per heavy atom. The van der Waals surface area contributed by atoms with Crippen LogP contribution in [0.25, 0.3) is 11.1 Å². The van der Waals surface area contributed by atoms with Gasteiger partial charge < -0.3 is 19.9 Å². The molecule has 0 fully saturated rings. The van der Waals surface area contributed by atoms with Crippen molar-refractivity contribution < 1.29 is 9.26 Å². The van der Waals surface area contributed by atoms with E-state index in [0.717, 1.165) is 51.1 Å². The number of ether oxygens (including phenoxy) is 1. The van der Waals surface area contributed by atoms with Crippen LogP contribution in [0.1, 0.15) is 22.7 Å². The van der Waals surface area contributed by atoms with E-state index < -0.39 is 0 Å². The van der Waals surface area contributed by atoms with Crippen LogP contribution in [0.2, 0.25) is 0 Å². The number of hydrogen-bond acceptors (Lipinski definition) is 7. The van der Waals surface area contributed by atoms with Gasteiger partial charge in [-0.1, -0.05) is 41.6 Å². The first-order valence-corrected chi connectivity index (χ1v) is 10.1. The topological polar surface area (TPSA) is 85.1 Å². The second-order valence-electron chi connectivity index (χ2n) is 7.29. The molecule has 7 nitrogen and oxygen atoms in total. The number of nitrogens with zero attached hydrogens (tertiary/aromatic N) is 3. The molecule has 0 radical (unpaired) electrons. The van der Waals surface area contributed by atoms with E-state index in [1.165, 1.54) is 0 Å². The van der Waals surface area contributed by atoms with Crippen molar-refractivity contribution in [2.24, 2.45) is 0 Å². The number of aromatic nitrogens is 3. The lowest BCUT2D eigenvalue weighted by Crippen LogP contribution is -2.06. The highest BCUT2D eigenvalue weighted by Gasteiger charge is 2.11. The molecule has 4 rings (SSSR count). The Labute approximate surface area is 181 Å². The van der Waals surface area contributed by atoms with E-state index in [1.54, 1.807) is 7.11 Å². The largest absolute Gasteiger partial charge is 0.495 e. The zero-order valence-electron chi connectivity index (χ0n) is 18.1. The highest BCUT2D eigenvalue weighted by atomic mass is 16.5. The Bertz CT molecular complexity index is 1170. The summed E-state index contributed by atoms with van der Waals surface area (Å²) in [6, 6.07) is 18.0. The Balaban J connectivity index is 1.46. The smallest absolute Gasteiger partial charge is 0.229 e. The molecule has 0 spiro atoms. The van der Waals surface area contributed by atoms with Gasteiger partial charge in [-0.3, -0.25) is 0 Å². The molecule has 0 atom stereocenters. The lowest BCUT2D eigenvalue weighted by molar-refractivity contribution is 0.393. The highest BCUT2D eigenvalue weighted by Crippen LogP contribution is 2.28. The summed E-state index contributed by atoms with van der Waals surface area (Å²) in [5.41, 5.74) is 5.88. The fourth-order valence-corrected chi connectivity index (χ4v) is 3.46. The van der Waals surface area contributed by atoms with Crippen LogP contribution in [-0.2, 0) is 6.54 Å². The number of benzene rings is 2. The third-order valence-electron chi connectivity index (χ3n) is 4.96. The number of anilines is 3. The second-order valence-corrected chi connectivity index (χ2v) is 7.29. The van der Waals surface area contributed by atoms with Crippen LogP contribution in [0, 0.1) is 20.8 Å². The normalized spacial score (nSPS) is 10.7. The lowest BCUT2D eigenvalue weighted by atomic mass is 10.0. The lowest BCUT2D eigenvalue weighted by Gasteiger charge is -2.12. The molecule has 0 bridgehead atoms. The summed E-state index contributed by atoms with van der Waals surface area (Å²) >= 11 is 0. The summed E-state index contributed by atoms with van der Waals surface area (Å²) in [5.74, 6) is 2.83. The third kappa shape index (κ3) is 4.66. The standard InChI is InChI=1S/C24H25N5O2/c1-15-13-22(28-24(26-15)27-20-7-5-6-8-21(20)30-4)25-14-18-9-11-19(12-10-18)23-16(2)29-31-17(23)3/h5-13H,14H2,1-4H3,(H2,25,26,27,28). The van der Waals surface area contributed by atoms with Gasteiger partial charge in [-0.05, 0) is 44.0 Å². The van der Waals surface area contributed by atoms with Gasteiger partial charge in [0.25, 0.3) is 0 Å². The van der Waals surface area contributed by atoms with Crippen LogP contribution in [0.3, 0.4) is 0 Å². The summed E-state index contributed by atoms with van der Waals surface area (Å²) in [5, 5.41) is 10.6. The number of nitrogens with one attached hydrogen (secondary N) is 2. The predicted octanol–water partition coefficient (Wildman–Crippen LogP) is 5.42. The van der Waals surface area contributed by atoms with Gasteiger partial charge in [0.2, 0.25) is 5.95 Å². The number of aryl methyl sites for hydroxylation is 3. The average molecular weight is 415 g/mol. The van der Waals surface area contributed by atoms with E-state index in [9.17, 15) is 0 Å². The molecule has 0 saturated heterocycles. The molecule has 158 valence electrons. The maximum absolute atomic E-state index is 5.39. The van der Waals surface area contributed by atoms with Gasteiger partial charge in [-0.15, -0.1) is 0 Å². The molecule has 2 N–H and O–H groups in total. The first-order valence-electron chi connectivity index (χ1n) is 10.1. The maximum Gasteiger partial charge on any atom is 0.229 e. The fraction of sp³-hybridized carbons (Fsp3) is 0.208. The fourth-order valence-electron chi connectivity index (χ4n) is 3.46. The molecule has 0 unspecified atom stereocenters. The van der Waals surface area contributed by atoms with Crippen molar-refractivity contribution in [1.29, 1.82) is 0 Å². The first kappa shape index (κ1) is 20.4. The summed E-state index contributed by atoms with van der Waals surface area (Å²) in [7, 11) is 1.64. The van der Waals surface area contributed by atoms with Crippen LogP contribution in [0.4, 0.5) is 17.5 Å². The number of para-hydroxylation sites is 2. The van der Waals surface area contributed by atoms with Gasteiger partial charge in [0, 0.05) is 23.9 Å². The maximum atomic E-state index is 5.39. The molecule has 7 heteroatoms. The zero-order valence-corrected chi connectivity index (χ0v) is 18.1. The van der Waals surface area contributed by atoms with Crippen LogP contribution in [-0.4, -0.2) is 22.2 Å². The van der Waals surface area contributed by atoms with Gasteiger partial charge >= 0.3 is 0 Å². The van der Waals surface area contributed by atoms with Gasteiger partial charge in [0.1, 0.15) is 17.3 Å². The Hall–Kier alpha value is -3.87. The molecule has 31 heavy (non-hydrogen) atoms. The quantitative estimate of drug-likeness (QED) is 0.417. The van der Waals surface area contributed by atoms with Crippen molar-refractivity contribution in [2.75, 3.05) is 17.7 Å². The summed E-state index contributed by atoms with van der Waals surface area (Å²) in [4.78, 5) is 9.07. The number of methoxy groups -OCH3 is 1. The summed E-state index contributed by atoms with van der Waals surface area (Å²) in [6.07, 6.45) is 0. The van der Waals surface area contributed by atoms with Gasteiger partial charge in [-0.2, -0.15) is 4.98 Å². The van der Waals surface area contributed by atoms with Crippen LogP contribution in [0.15, 0.2) is 59.1 Å². The monoisotopic (exact) mass is 415 g/mol. The Kier molecular flexibility index (Phi) is 5.84. The molecular formula is C24H25N5O2. The summed E-state index contributed by atoms with van der Waals surface area (Å²) in [6.45, 7) is 6.47. The van der Waals surface area contributed by atoms with Gasteiger partial charge in [0.15, 0.2) is 0 Å². The number of rotatable bonds is 7. The minimum Gasteiger partial charge on any atom is -0.495 e. The van der Waals surface area contributed by atoms with Crippen molar-refractivity contribution in [3.05, 3.63) is 77.3 Å². The minimum absolute atomic E-state index is 0.515. The molecule has 0 aliphatic heterocycles. The average Bonchev–Trinajstić information content (AvgIpc) is 3.11. The zero-order chi connectivity index (χ0) is 21.8. The van der Waals surface area contributed by atoms with Crippen molar-refractivity contribution in [1.82, 2.24) is 15.1 Å². The third-order valence-corrected chi connectivity index (χ3v) is 4.96. The SMILES string of the molecule is COc1ccccc1Nc1nc(C)cc(NCc2ccc(-c3c(C)noc3C)cc2)n1. The van der Waals surface area contributed by atoms with Gasteiger partial charge in [-0.25, -0.2) is 4.98 Å². The molecule has 0 aliphatic rings. The number of hydrogen-bond donors (Lipinski definition) is 2. The van der Waals surface area contributed by atoms with Crippen LogP contribution < -0.4 is 15.4 Å². The van der Waals surface area contributed by atoms with E-state index >= 15 is 0 Å². The Morgan fingerprint density at radius 1 is 0.968 bits per heavy atom. The molecule has 4 aromatic rings. The van der Waals surface area contributed by atoms with Crippen molar-refractivity contribution in [2.45, 2.75) is 27.3 Å². The molecule has 2 aromatic carbocycles. The molecule has 0 saturated carbocycles. The molecular weight excluding hydrogens is 390 g/mol. The first-order chi connectivity index (χ1) is 15.0. The van der Waals surface area contributed by atoms with Crippen molar-refractivity contribution >= 4 is 17.5 Å². The second kappa shape index (κ2) is 8.87. The molecule has 0 aliphatic carbocycles. The van der Waals surface area contributed by atoms with Crippen molar-refractivity contribution in [3.63, 3.8) is 0 Å². The van der Waals surface area contributed by atoms with Gasteiger partial charge in [0.05, 0.1) is 18.5 Å². The highest BCUT2D eigenvalue weighted by molar-refractivity contribution is 5.68. The van der Waals surface area contributed by atoms with Crippen molar-refractivity contribution in [3.8, 4) is 16.9 Å². The predicted molar refractivity (Wildman–Crippen MR) is 122 cm³/mol. The summed E-state index contributed by atoms with van der Waals surface area (Å²) < 4.78 is 10.7. The van der Waals surface area contributed by atoms with Crippen LogP contribution in [0.5, 0.6) is 5.75 Å². The van der Waals surface area contributed by atoms with E-state index in [0.29, 0.717) is 12.5 Å². The minimum atomic E-state index is 0.515.